The third-order valence-corrected chi connectivity index (χ3v) is 4.23. The first-order chi connectivity index (χ1) is 13.7. The molecule has 1 unspecified atom stereocenters. The van der Waals surface area contributed by atoms with Crippen LogP contribution in [0.4, 0.5) is 11.5 Å². The van der Waals surface area contributed by atoms with Gasteiger partial charge in [-0.1, -0.05) is 36.6 Å². The lowest BCUT2D eigenvalue weighted by molar-refractivity contribution is -0.389. The number of aromatic nitrogens is 4. The molecule has 0 fully saturated rings. The molecular weight excluding hydrogens is 364 g/mol. The zero-order valence-corrected chi connectivity index (χ0v) is 15.1. The number of nitro groups is 1. The van der Waals surface area contributed by atoms with Gasteiger partial charge < -0.3 is 24.9 Å². The van der Waals surface area contributed by atoms with Crippen molar-refractivity contribution in [3.8, 4) is 23.1 Å². The monoisotopic (exact) mass is 382 g/mol. The molecule has 10 heteroatoms. The van der Waals surface area contributed by atoms with Gasteiger partial charge in [0, 0.05) is 17.3 Å². The molecule has 3 aromatic rings. The number of anilines is 1. The van der Waals surface area contributed by atoms with Gasteiger partial charge in [0.05, 0.1) is 6.61 Å². The highest BCUT2D eigenvalue weighted by Crippen LogP contribution is 2.39. The molecule has 28 heavy (non-hydrogen) atoms. The van der Waals surface area contributed by atoms with Gasteiger partial charge in [-0.05, 0) is 23.5 Å². The first kappa shape index (κ1) is 17.7. The number of hydrogen-bond acceptors (Lipinski definition) is 8. The molecule has 2 N–H and O–H groups in total. The Morgan fingerprint density at radius 1 is 1.25 bits per heavy atom. The third kappa shape index (κ3) is 3.43. The van der Waals surface area contributed by atoms with Crippen LogP contribution in [0.3, 0.4) is 0 Å². The van der Waals surface area contributed by atoms with Crippen molar-refractivity contribution in [1.29, 1.82) is 0 Å². The molecule has 1 aliphatic heterocycles. The zero-order valence-electron chi connectivity index (χ0n) is 15.1. The summed E-state index contributed by atoms with van der Waals surface area (Å²) in [4.78, 5) is 17.6. The normalized spacial score (nSPS) is 14.8. The van der Waals surface area contributed by atoms with E-state index in [-0.39, 0.29) is 17.7 Å². The molecule has 1 aromatic carbocycles. The Balaban J connectivity index is 1.72. The minimum Gasteiger partial charge on any atom is -0.462 e. The number of benzene rings is 1. The van der Waals surface area contributed by atoms with E-state index >= 15 is 0 Å². The van der Waals surface area contributed by atoms with Gasteiger partial charge in [-0.15, -0.1) is 5.10 Å². The lowest BCUT2D eigenvalue weighted by Crippen LogP contribution is -2.17. The predicted octanol–water partition coefficient (Wildman–Crippen LogP) is 3.46. The quantitative estimate of drug-likeness (QED) is 0.377. The second-order valence-electron chi connectivity index (χ2n) is 6.19. The third-order valence-electron chi connectivity index (χ3n) is 4.23. The molecule has 3 heterocycles. The van der Waals surface area contributed by atoms with Crippen LogP contribution in [0.5, 0.6) is 11.9 Å². The van der Waals surface area contributed by atoms with Crippen molar-refractivity contribution >= 4 is 11.5 Å². The fourth-order valence-electron chi connectivity index (χ4n) is 2.82. The largest absolute Gasteiger partial charge is 0.462 e. The van der Waals surface area contributed by atoms with Crippen LogP contribution in [0, 0.1) is 10.1 Å². The lowest BCUT2D eigenvalue weighted by atomic mass is 10.1. The van der Waals surface area contributed by atoms with E-state index in [2.05, 4.69) is 32.4 Å². The molecule has 0 aliphatic carbocycles. The Labute approximate surface area is 160 Å². The van der Waals surface area contributed by atoms with Crippen LogP contribution >= 0.6 is 0 Å². The maximum Gasteiger partial charge on any atom is 0.339 e. The topological polar surface area (TPSA) is 128 Å². The zero-order chi connectivity index (χ0) is 19.5. The number of H-pyrrole nitrogens is 1. The molecule has 0 amide bonds. The van der Waals surface area contributed by atoms with Gasteiger partial charge >= 0.3 is 11.8 Å². The summed E-state index contributed by atoms with van der Waals surface area (Å²) in [5.74, 6) is 0.115. The van der Waals surface area contributed by atoms with E-state index in [0.29, 0.717) is 18.0 Å². The average Bonchev–Trinajstić information content (AvgIpc) is 3.13. The maximum atomic E-state index is 11.0. The fourth-order valence-corrected chi connectivity index (χ4v) is 2.82. The summed E-state index contributed by atoms with van der Waals surface area (Å²) < 4.78 is 11.5. The van der Waals surface area contributed by atoms with E-state index in [1.165, 1.54) is 6.07 Å². The molecule has 0 saturated carbocycles. The number of fused-ring (bicyclic) bond motifs is 3. The Bertz CT molecular complexity index is 1010. The molecule has 1 aliphatic rings. The molecule has 0 spiro atoms. The van der Waals surface area contributed by atoms with Crippen molar-refractivity contribution in [3.05, 3.63) is 52.2 Å². The van der Waals surface area contributed by atoms with Gasteiger partial charge in [0.1, 0.15) is 0 Å². The number of unbranched alkanes of at least 4 members (excludes halogenated alkanes) is 1. The van der Waals surface area contributed by atoms with Gasteiger partial charge in [0.15, 0.2) is 11.4 Å². The molecule has 1 atom stereocenters. The highest BCUT2D eigenvalue weighted by atomic mass is 16.6. The Morgan fingerprint density at radius 3 is 2.89 bits per heavy atom. The number of nitrogens with one attached hydrogen (secondary N) is 2. The van der Waals surface area contributed by atoms with Crippen LogP contribution in [0.1, 0.15) is 31.7 Å². The van der Waals surface area contributed by atoms with Crippen LogP contribution < -0.4 is 14.8 Å². The second-order valence-corrected chi connectivity index (χ2v) is 6.19. The van der Waals surface area contributed by atoms with Crippen molar-refractivity contribution < 1.29 is 14.4 Å². The Hall–Kier alpha value is -3.69. The van der Waals surface area contributed by atoms with Gasteiger partial charge in [-0.2, -0.15) is 4.98 Å². The van der Waals surface area contributed by atoms with Gasteiger partial charge in [-0.25, -0.2) is 4.98 Å². The van der Waals surface area contributed by atoms with Crippen LogP contribution in [0.25, 0.3) is 11.3 Å². The lowest BCUT2D eigenvalue weighted by Gasteiger charge is -2.15. The summed E-state index contributed by atoms with van der Waals surface area (Å²) >= 11 is 0. The number of rotatable bonds is 6. The first-order valence-electron chi connectivity index (χ1n) is 8.89. The van der Waals surface area contributed by atoms with Crippen molar-refractivity contribution in [2.24, 2.45) is 0 Å². The number of nitrogens with zero attached hydrogens (tertiary/aromatic N) is 4. The smallest absolute Gasteiger partial charge is 0.339 e. The first-order valence-corrected chi connectivity index (χ1v) is 8.89. The summed E-state index contributed by atoms with van der Waals surface area (Å²) in [5.41, 5.74) is 2.47. The Kier molecular flexibility index (Phi) is 4.75. The van der Waals surface area contributed by atoms with Gasteiger partial charge in [0.2, 0.25) is 12.1 Å². The minimum absolute atomic E-state index is 0.123. The van der Waals surface area contributed by atoms with Crippen LogP contribution in [0.2, 0.25) is 0 Å². The van der Waals surface area contributed by atoms with Crippen molar-refractivity contribution in [2.45, 2.75) is 26.0 Å². The van der Waals surface area contributed by atoms with Crippen molar-refractivity contribution in [3.63, 3.8) is 0 Å². The molecular formula is C18H18N6O4. The number of hydrogen-bond donors (Lipinski definition) is 2. The standard InChI is InChI=1S/C18H18N6O4/c1-2-3-10-27-18-21-17-15(22-23-18)11-6-4-5-7-12(11)20-16(28-17)13-8-9-14(19-13)24(25)26/h4-9,16,19-20H,2-3,10H2,1H3. The molecule has 4 rings (SSSR count). The van der Waals surface area contributed by atoms with E-state index in [1.807, 2.05) is 24.3 Å². The molecule has 144 valence electrons. The van der Waals surface area contributed by atoms with Gasteiger partial charge in [-0.3, -0.25) is 0 Å². The van der Waals surface area contributed by atoms with Crippen molar-refractivity contribution in [1.82, 2.24) is 20.2 Å². The van der Waals surface area contributed by atoms with Crippen LogP contribution in [-0.2, 0) is 0 Å². The molecule has 10 nitrogen and oxygen atoms in total. The van der Waals surface area contributed by atoms with E-state index in [0.717, 1.165) is 24.1 Å². The highest BCUT2D eigenvalue weighted by Gasteiger charge is 2.29. The van der Waals surface area contributed by atoms with Crippen LogP contribution in [-0.4, -0.2) is 31.7 Å². The summed E-state index contributed by atoms with van der Waals surface area (Å²) in [7, 11) is 0. The SMILES string of the molecule is CCCCOc1nnc2c(n1)OC(c1ccc([N+](=O)[O-])[nH]1)Nc1ccccc1-2. The maximum absolute atomic E-state index is 11.0. The predicted molar refractivity (Wildman–Crippen MR) is 100 cm³/mol. The van der Waals surface area contributed by atoms with E-state index in [9.17, 15) is 10.1 Å². The summed E-state index contributed by atoms with van der Waals surface area (Å²) in [6, 6.07) is 10.6. The van der Waals surface area contributed by atoms with E-state index < -0.39 is 11.2 Å². The minimum atomic E-state index is -0.726. The Morgan fingerprint density at radius 2 is 2.11 bits per heavy atom. The van der Waals surface area contributed by atoms with Crippen LogP contribution in [0.15, 0.2) is 36.4 Å². The molecule has 0 radical (unpaired) electrons. The number of ether oxygens (including phenoxy) is 2. The summed E-state index contributed by atoms with van der Waals surface area (Å²) in [6.45, 7) is 2.55. The molecule has 0 saturated heterocycles. The number of para-hydroxylation sites is 1. The number of aromatic amines is 1. The average molecular weight is 382 g/mol. The fraction of sp³-hybridized carbons (Fsp3) is 0.278. The van der Waals surface area contributed by atoms with E-state index in [4.69, 9.17) is 9.47 Å². The highest BCUT2D eigenvalue weighted by molar-refractivity contribution is 5.79. The van der Waals surface area contributed by atoms with E-state index in [1.54, 1.807) is 6.07 Å². The van der Waals surface area contributed by atoms with Gasteiger partial charge in [0.25, 0.3) is 0 Å². The summed E-state index contributed by atoms with van der Waals surface area (Å²) in [6.07, 6.45) is 1.14. The summed E-state index contributed by atoms with van der Waals surface area (Å²) in [5, 5.41) is 22.5. The molecule has 0 bridgehead atoms. The molecule has 2 aromatic heterocycles. The van der Waals surface area contributed by atoms with Crippen molar-refractivity contribution in [2.75, 3.05) is 11.9 Å². The second kappa shape index (κ2) is 7.51.